The summed E-state index contributed by atoms with van der Waals surface area (Å²) in [5.74, 6) is 0.496. The van der Waals surface area contributed by atoms with Gasteiger partial charge in [-0.2, -0.15) is 0 Å². The first kappa shape index (κ1) is 16.0. The molecule has 1 saturated carbocycles. The van der Waals surface area contributed by atoms with Crippen molar-refractivity contribution in [1.82, 2.24) is 4.90 Å². The molecule has 2 atom stereocenters. The van der Waals surface area contributed by atoms with Gasteiger partial charge in [-0.1, -0.05) is 25.0 Å². The van der Waals surface area contributed by atoms with E-state index < -0.39 is 0 Å². The van der Waals surface area contributed by atoms with Gasteiger partial charge in [-0.05, 0) is 31.2 Å². The fourth-order valence-corrected chi connectivity index (χ4v) is 4.14. The van der Waals surface area contributed by atoms with E-state index in [0.29, 0.717) is 11.8 Å². The third kappa shape index (κ3) is 3.55. The molecule has 0 aromatic heterocycles. The Kier molecular flexibility index (Phi) is 5.55. The highest BCUT2D eigenvalue weighted by molar-refractivity contribution is 7.98. The van der Waals surface area contributed by atoms with Crippen molar-refractivity contribution in [3.63, 3.8) is 0 Å². The van der Waals surface area contributed by atoms with Crippen molar-refractivity contribution in [2.45, 2.75) is 36.6 Å². The lowest BCUT2D eigenvalue weighted by atomic mass is 9.79. The molecule has 1 aliphatic heterocycles. The first-order valence-electron chi connectivity index (χ1n) is 8.29. The van der Waals surface area contributed by atoms with Gasteiger partial charge in [-0.25, -0.2) is 0 Å². The topological polar surface area (TPSA) is 29.5 Å². The molecule has 1 aromatic carbocycles. The van der Waals surface area contributed by atoms with Crippen molar-refractivity contribution in [3.05, 3.63) is 29.8 Å². The van der Waals surface area contributed by atoms with Crippen LogP contribution in [0.2, 0.25) is 0 Å². The molecule has 1 aromatic rings. The molecular weight excluding hydrogens is 294 g/mol. The predicted octanol–water partition coefficient (Wildman–Crippen LogP) is 3.48. The van der Waals surface area contributed by atoms with Crippen LogP contribution in [0.5, 0.6) is 0 Å². The summed E-state index contributed by atoms with van der Waals surface area (Å²) in [6.45, 7) is 3.55. The molecular formula is C18H25NO2S. The molecule has 2 aliphatic rings. The van der Waals surface area contributed by atoms with Gasteiger partial charge >= 0.3 is 0 Å². The molecule has 0 bridgehead atoms. The molecule has 1 heterocycles. The number of Topliss-reactive ketones (excluding diaryl/α,β-unsaturated/α-hetero) is 1. The van der Waals surface area contributed by atoms with Crippen molar-refractivity contribution in [2.75, 3.05) is 32.6 Å². The third-order valence-corrected chi connectivity index (χ3v) is 5.70. The van der Waals surface area contributed by atoms with Crippen molar-refractivity contribution in [3.8, 4) is 0 Å². The second-order valence-corrected chi connectivity index (χ2v) is 7.08. The molecule has 1 saturated heterocycles. The van der Waals surface area contributed by atoms with Crippen molar-refractivity contribution >= 4 is 17.5 Å². The van der Waals surface area contributed by atoms with Gasteiger partial charge in [0.2, 0.25) is 0 Å². The maximum Gasteiger partial charge on any atom is 0.167 e. The van der Waals surface area contributed by atoms with Crippen LogP contribution in [0, 0.1) is 5.92 Å². The summed E-state index contributed by atoms with van der Waals surface area (Å²) in [7, 11) is 0. The molecule has 0 amide bonds. The largest absolute Gasteiger partial charge is 0.379 e. The van der Waals surface area contributed by atoms with Crippen LogP contribution in [0.1, 0.15) is 36.0 Å². The number of carbonyl (C=O) groups is 1. The SMILES string of the molecule is CSc1ccc(C(=O)C2CCCCC2N2CCOCC2)cc1. The molecule has 0 N–H and O–H groups in total. The highest BCUT2D eigenvalue weighted by atomic mass is 32.2. The minimum Gasteiger partial charge on any atom is -0.379 e. The van der Waals surface area contributed by atoms with E-state index in [0.717, 1.165) is 44.7 Å². The van der Waals surface area contributed by atoms with Gasteiger partial charge in [0.25, 0.3) is 0 Å². The van der Waals surface area contributed by atoms with Gasteiger partial charge in [-0.15, -0.1) is 11.8 Å². The summed E-state index contributed by atoms with van der Waals surface area (Å²) in [5.41, 5.74) is 0.878. The number of nitrogens with zero attached hydrogens (tertiary/aromatic N) is 1. The van der Waals surface area contributed by atoms with E-state index in [1.807, 2.05) is 12.1 Å². The minimum absolute atomic E-state index is 0.159. The van der Waals surface area contributed by atoms with Crippen LogP contribution in [0.25, 0.3) is 0 Å². The van der Waals surface area contributed by atoms with Gasteiger partial charge in [-0.3, -0.25) is 9.69 Å². The standard InChI is InChI=1S/C18H25NO2S/c1-22-15-8-6-14(7-9-15)18(20)16-4-2-3-5-17(16)19-10-12-21-13-11-19/h6-9,16-17H,2-5,10-13H2,1H3. The summed E-state index contributed by atoms with van der Waals surface area (Å²) < 4.78 is 5.47. The second-order valence-electron chi connectivity index (χ2n) is 6.20. The first-order valence-corrected chi connectivity index (χ1v) is 9.52. The van der Waals surface area contributed by atoms with E-state index in [-0.39, 0.29) is 5.92 Å². The maximum atomic E-state index is 13.0. The number of ketones is 1. The van der Waals surface area contributed by atoms with E-state index in [2.05, 4.69) is 23.3 Å². The van der Waals surface area contributed by atoms with Gasteiger partial charge in [0.05, 0.1) is 13.2 Å². The Hall–Kier alpha value is -0.840. The smallest absolute Gasteiger partial charge is 0.167 e. The average Bonchev–Trinajstić information content (AvgIpc) is 2.62. The molecule has 0 spiro atoms. The quantitative estimate of drug-likeness (QED) is 0.628. The second kappa shape index (κ2) is 7.62. The lowest BCUT2D eigenvalue weighted by Gasteiger charge is -2.41. The fraction of sp³-hybridized carbons (Fsp3) is 0.611. The molecule has 1 aliphatic carbocycles. The summed E-state index contributed by atoms with van der Waals surface area (Å²) in [6, 6.07) is 8.53. The number of rotatable bonds is 4. The molecule has 3 nitrogen and oxygen atoms in total. The summed E-state index contributed by atoms with van der Waals surface area (Å²) in [4.78, 5) is 16.7. The molecule has 2 unspecified atom stereocenters. The van der Waals surface area contributed by atoms with Crippen molar-refractivity contribution < 1.29 is 9.53 Å². The number of thioether (sulfide) groups is 1. The van der Waals surface area contributed by atoms with Crippen molar-refractivity contribution in [1.29, 1.82) is 0 Å². The van der Waals surface area contributed by atoms with E-state index in [1.54, 1.807) is 11.8 Å². The summed E-state index contributed by atoms with van der Waals surface area (Å²) in [6.07, 6.45) is 6.67. The summed E-state index contributed by atoms with van der Waals surface area (Å²) >= 11 is 1.71. The molecule has 4 heteroatoms. The van der Waals surface area contributed by atoms with E-state index in [4.69, 9.17) is 4.74 Å². The zero-order valence-electron chi connectivity index (χ0n) is 13.3. The van der Waals surface area contributed by atoms with E-state index in [1.165, 1.54) is 17.7 Å². The summed E-state index contributed by atoms with van der Waals surface area (Å²) in [5, 5.41) is 0. The van der Waals surface area contributed by atoms with Crippen LogP contribution in [0.3, 0.4) is 0 Å². The number of ether oxygens (including phenoxy) is 1. The monoisotopic (exact) mass is 319 g/mol. The van der Waals surface area contributed by atoms with E-state index >= 15 is 0 Å². The van der Waals surface area contributed by atoms with Crippen LogP contribution >= 0.6 is 11.8 Å². The lowest BCUT2D eigenvalue weighted by Crippen LogP contribution is -2.50. The Labute approximate surface area is 137 Å². The Morgan fingerprint density at radius 3 is 2.50 bits per heavy atom. The van der Waals surface area contributed by atoms with Crippen LogP contribution in [0.15, 0.2) is 29.2 Å². The van der Waals surface area contributed by atoms with Crippen LogP contribution in [0.4, 0.5) is 0 Å². The molecule has 2 fully saturated rings. The van der Waals surface area contributed by atoms with Gasteiger partial charge in [0.1, 0.15) is 0 Å². The lowest BCUT2D eigenvalue weighted by molar-refractivity contribution is -0.00484. The van der Waals surface area contributed by atoms with Crippen LogP contribution < -0.4 is 0 Å². The fourth-order valence-electron chi connectivity index (χ4n) is 3.73. The highest BCUT2D eigenvalue weighted by Crippen LogP contribution is 2.32. The maximum absolute atomic E-state index is 13.0. The molecule has 3 rings (SSSR count). The van der Waals surface area contributed by atoms with Crippen molar-refractivity contribution in [2.24, 2.45) is 5.92 Å². The Balaban J connectivity index is 1.75. The highest BCUT2D eigenvalue weighted by Gasteiger charge is 2.35. The zero-order valence-corrected chi connectivity index (χ0v) is 14.1. The minimum atomic E-state index is 0.159. The van der Waals surface area contributed by atoms with Gasteiger partial charge < -0.3 is 4.74 Å². The molecule has 120 valence electrons. The number of hydrogen-bond donors (Lipinski definition) is 0. The first-order chi connectivity index (χ1) is 10.8. The average molecular weight is 319 g/mol. The van der Waals surface area contributed by atoms with Gasteiger partial charge in [0, 0.05) is 35.5 Å². The number of hydrogen-bond acceptors (Lipinski definition) is 4. The van der Waals surface area contributed by atoms with E-state index in [9.17, 15) is 4.79 Å². The Bertz CT molecular complexity index is 496. The van der Waals surface area contributed by atoms with Crippen LogP contribution in [-0.2, 0) is 4.74 Å². The third-order valence-electron chi connectivity index (χ3n) is 4.96. The molecule has 22 heavy (non-hydrogen) atoms. The van der Waals surface area contributed by atoms with Crippen LogP contribution in [-0.4, -0.2) is 49.3 Å². The van der Waals surface area contributed by atoms with Gasteiger partial charge in [0.15, 0.2) is 5.78 Å². The Morgan fingerprint density at radius 1 is 1.14 bits per heavy atom. The number of benzene rings is 1. The molecule has 0 radical (unpaired) electrons. The predicted molar refractivity (Wildman–Crippen MR) is 90.7 cm³/mol. The zero-order chi connectivity index (χ0) is 15.4. The number of morpholine rings is 1. The number of carbonyl (C=O) groups excluding carboxylic acids is 1. The normalized spacial score (nSPS) is 26.8. The Morgan fingerprint density at radius 2 is 1.82 bits per heavy atom.